The van der Waals surface area contributed by atoms with Crippen molar-refractivity contribution in [3.63, 3.8) is 0 Å². The average molecular weight is 317 g/mol. The van der Waals surface area contributed by atoms with Gasteiger partial charge in [-0.15, -0.1) is 0 Å². The standard InChI is InChI=1S/C14H18Cl2N2O2/c15-9-4-2-5-10(16)13(9)12(19)7-18-14(20)8-3-1-6-11(8)17/h2,4-5,8,11-12,19H,1,3,6-7,17H2,(H,18,20)/t8-,11-,12+/m1/s1. The van der Waals surface area contributed by atoms with E-state index in [1.807, 2.05) is 0 Å². The van der Waals surface area contributed by atoms with Crippen LogP contribution in [0.3, 0.4) is 0 Å². The molecule has 0 aliphatic heterocycles. The van der Waals surface area contributed by atoms with Crippen molar-refractivity contribution >= 4 is 29.1 Å². The molecule has 1 aromatic rings. The summed E-state index contributed by atoms with van der Waals surface area (Å²) >= 11 is 12.0. The molecule has 1 aliphatic carbocycles. The summed E-state index contributed by atoms with van der Waals surface area (Å²) in [5, 5.41) is 13.6. The molecule has 1 aliphatic rings. The van der Waals surface area contributed by atoms with E-state index in [4.69, 9.17) is 28.9 Å². The second-order valence-electron chi connectivity index (χ2n) is 5.10. The van der Waals surface area contributed by atoms with Crippen molar-refractivity contribution in [3.05, 3.63) is 33.8 Å². The van der Waals surface area contributed by atoms with Gasteiger partial charge in [0.25, 0.3) is 0 Å². The first-order valence-corrected chi connectivity index (χ1v) is 7.41. The number of rotatable bonds is 4. The lowest BCUT2D eigenvalue weighted by Crippen LogP contribution is -2.40. The monoisotopic (exact) mass is 316 g/mol. The van der Waals surface area contributed by atoms with E-state index in [1.165, 1.54) is 0 Å². The number of amides is 1. The summed E-state index contributed by atoms with van der Waals surface area (Å²) in [7, 11) is 0. The predicted molar refractivity (Wildman–Crippen MR) is 79.7 cm³/mol. The van der Waals surface area contributed by atoms with Gasteiger partial charge in [-0.1, -0.05) is 35.7 Å². The van der Waals surface area contributed by atoms with Gasteiger partial charge in [0.1, 0.15) is 0 Å². The largest absolute Gasteiger partial charge is 0.386 e. The van der Waals surface area contributed by atoms with Gasteiger partial charge < -0.3 is 16.2 Å². The normalized spacial score (nSPS) is 23.6. The van der Waals surface area contributed by atoms with Crippen LogP contribution >= 0.6 is 23.2 Å². The number of halogens is 2. The SMILES string of the molecule is N[C@@H]1CCC[C@H]1C(=O)NC[C@H](O)c1c(Cl)cccc1Cl. The third kappa shape index (κ3) is 3.44. The highest BCUT2D eigenvalue weighted by molar-refractivity contribution is 6.36. The quantitative estimate of drug-likeness (QED) is 0.797. The van der Waals surface area contributed by atoms with Gasteiger partial charge in [0, 0.05) is 28.2 Å². The zero-order valence-electron chi connectivity index (χ0n) is 11.0. The number of aliphatic hydroxyl groups is 1. The van der Waals surface area contributed by atoms with E-state index in [9.17, 15) is 9.90 Å². The Morgan fingerprint density at radius 1 is 1.40 bits per heavy atom. The minimum atomic E-state index is -0.933. The van der Waals surface area contributed by atoms with Crippen molar-refractivity contribution in [1.82, 2.24) is 5.32 Å². The van der Waals surface area contributed by atoms with Gasteiger partial charge in [-0.25, -0.2) is 0 Å². The smallest absolute Gasteiger partial charge is 0.224 e. The van der Waals surface area contributed by atoms with Crippen LogP contribution in [-0.2, 0) is 4.79 Å². The molecule has 4 N–H and O–H groups in total. The molecular formula is C14H18Cl2N2O2. The molecule has 6 heteroatoms. The number of hydrogen-bond donors (Lipinski definition) is 3. The minimum absolute atomic E-state index is 0.0749. The number of benzene rings is 1. The molecule has 0 spiro atoms. The Labute approximate surface area is 128 Å². The van der Waals surface area contributed by atoms with Crippen LogP contribution in [0.2, 0.25) is 10.0 Å². The van der Waals surface area contributed by atoms with Crippen molar-refractivity contribution in [1.29, 1.82) is 0 Å². The van der Waals surface area contributed by atoms with E-state index in [2.05, 4.69) is 5.32 Å². The molecule has 1 amide bonds. The Kier molecular flexibility index (Phi) is 5.27. The Bertz CT molecular complexity index is 476. The van der Waals surface area contributed by atoms with Crippen molar-refractivity contribution in [2.24, 2.45) is 11.7 Å². The predicted octanol–water partition coefficient (Wildman–Crippen LogP) is 2.27. The topological polar surface area (TPSA) is 75.4 Å². The molecule has 0 unspecified atom stereocenters. The van der Waals surface area contributed by atoms with Gasteiger partial charge in [0.05, 0.1) is 12.0 Å². The van der Waals surface area contributed by atoms with Crippen LogP contribution in [0, 0.1) is 5.92 Å². The van der Waals surface area contributed by atoms with Gasteiger partial charge in [-0.2, -0.15) is 0 Å². The fraction of sp³-hybridized carbons (Fsp3) is 0.500. The van der Waals surface area contributed by atoms with Crippen LogP contribution in [-0.4, -0.2) is 23.6 Å². The van der Waals surface area contributed by atoms with E-state index < -0.39 is 6.10 Å². The van der Waals surface area contributed by atoms with Gasteiger partial charge in [0.15, 0.2) is 0 Å². The Morgan fingerprint density at radius 2 is 2.05 bits per heavy atom. The van der Waals surface area contributed by atoms with Crippen molar-refractivity contribution in [3.8, 4) is 0 Å². The minimum Gasteiger partial charge on any atom is -0.386 e. The van der Waals surface area contributed by atoms with Gasteiger partial charge in [-0.05, 0) is 25.0 Å². The van der Waals surface area contributed by atoms with Crippen LogP contribution in [0.25, 0.3) is 0 Å². The Balaban J connectivity index is 1.95. The maximum absolute atomic E-state index is 12.0. The molecule has 0 bridgehead atoms. The lowest BCUT2D eigenvalue weighted by molar-refractivity contribution is -0.125. The molecule has 1 aromatic carbocycles. The second kappa shape index (κ2) is 6.76. The number of hydrogen-bond acceptors (Lipinski definition) is 3. The molecule has 2 rings (SSSR count). The lowest BCUT2D eigenvalue weighted by atomic mass is 10.0. The van der Waals surface area contributed by atoms with Crippen LogP contribution < -0.4 is 11.1 Å². The zero-order chi connectivity index (χ0) is 14.7. The summed E-state index contributed by atoms with van der Waals surface area (Å²) in [6, 6.07) is 4.93. The second-order valence-corrected chi connectivity index (χ2v) is 5.91. The highest BCUT2D eigenvalue weighted by atomic mass is 35.5. The molecule has 0 heterocycles. The number of carbonyl (C=O) groups is 1. The van der Waals surface area contributed by atoms with Crippen molar-refractivity contribution in [2.45, 2.75) is 31.4 Å². The maximum atomic E-state index is 12.0. The first-order chi connectivity index (χ1) is 9.50. The lowest BCUT2D eigenvalue weighted by Gasteiger charge is -2.18. The van der Waals surface area contributed by atoms with E-state index in [-0.39, 0.29) is 24.4 Å². The molecule has 0 aromatic heterocycles. The number of nitrogens with one attached hydrogen (secondary N) is 1. The summed E-state index contributed by atoms with van der Waals surface area (Å²) in [6.07, 6.45) is 1.71. The van der Waals surface area contributed by atoms with E-state index >= 15 is 0 Å². The van der Waals surface area contributed by atoms with Crippen LogP contribution in [0.15, 0.2) is 18.2 Å². The number of carbonyl (C=O) groups excluding carboxylic acids is 1. The zero-order valence-corrected chi connectivity index (χ0v) is 12.5. The molecule has 1 saturated carbocycles. The fourth-order valence-electron chi connectivity index (χ4n) is 2.57. The molecule has 0 radical (unpaired) electrons. The van der Waals surface area contributed by atoms with Crippen molar-refractivity contribution in [2.75, 3.05) is 6.54 Å². The summed E-state index contributed by atoms with van der Waals surface area (Å²) in [5.74, 6) is -0.277. The van der Waals surface area contributed by atoms with E-state index in [0.29, 0.717) is 15.6 Å². The van der Waals surface area contributed by atoms with Crippen LogP contribution in [0.1, 0.15) is 30.9 Å². The molecule has 110 valence electrons. The molecule has 0 saturated heterocycles. The fourth-order valence-corrected chi connectivity index (χ4v) is 3.22. The summed E-state index contributed by atoms with van der Waals surface area (Å²) in [5.41, 5.74) is 6.32. The van der Waals surface area contributed by atoms with Crippen LogP contribution in [0.5, 0.6) is 0 Å². The number of aliphatic hydroxyl groups excluding tert-OH is 1. The highest BCUT2D eigenvalue weighted by Crippen LogP contribution is 2.30. The highest BCUT2D eigenvalue weighted by Gasteiger charge is 2.30. The summed E-state index contributed by atoms with van der Waals surface area (Å²) in [4.78, 5) is 12.0. The first kappa shape index (κ1) is 15.6. The van der Waals surface area contributed by atoms with Gasteiger partial charge in [-0.3, -0.25) is 4.79 Å². The Morgan fingerprint density at radius 3 is 2.60 bits per heavy atom. The van der Waals surface area contributed by atoms with E-state index in [1.54, 1.807) is 18.2 Å². The average Bonchev–Trinajstić information content (AvgIpc) is 2.82. The third-order valence-corrected chi connectivity index (χ3v) is 4.37. The molecule has 20 heavy (non-hydrogen) atoms. The molecule has 3 atom stereocenters. The summed E-state index contributed by atoms with van der Waals surface area (Å²) in [6.45, 7) is 0.0749. The molecule has 4 nitrogen and oxygen atoms in total. The summed E-state index contributed by atoms with van der Waals surface area (Å²) < 4.78 is 0. The van der Waals surface area contributed by atoms with Crippen LogP contribution in [0.4, 0.5) is 0 Å². The maximum Gasteiger partial charge on any atom is 0.224 e. The molecular weight excluding hydrogens is 299 g/mol. The third-order valence-electron chi connectivity index (χ3n) is 3.71. The Hall–Kier alpha value is -0.810. The number of nitrogens with two attached hydrogens (primary N) is 1. The molecule has 1 fully saturated rings. The van der Waals surface area contributed by atoms with Gasteiger partial charge in [0.2, 0.25) is 5.91 Å². The van der Waals surface area contributed by atoms with Gasteiger partial charge >= 0.3 is 0 Å². The van der Waals surface area contributed by atoms with Crippen molar-refractivity contribution < 1.29 is 9.90 Å². The first-order valence-electron chi connectivity index (χ1n) is 6.66. The van der Waals surface area contributed by atoms with E-state index in [0.717, 1.165) is 19.3 Å².